The molecule has 3 unspecified atom stereocenters. The molecule has 1 aromatic carbocycles. The standard InChI is InChI=1S/C20H26O6/c1-4-6-20(7-5-2)25-14-9-12-8-11(3)16(18(21)22)17(19(23)24)13(12)10-15(14)26-20/h9-11,16-17H,4-8H2,1-3H3,(H,21,22)(H,23,24). The van der Waals surface area contributed by atoms with Crippen LogP contribution in [0.3, 0.4) is 0 Å². The number of hydrogen-bond donors (Lipinski definition) is 2. The molecule has 6 nitrogen and oxygen atoms in total. The molecule has 0 saturated heterocycles. The lowest BCUT2D eigenvalue weighted by molar-refractivity contribution is -0.152. The average Bonchev–Trinajstić information content (AvgIpc) is 2.88. The minimum absolute atomic E-state index is 0.266. The molecule has 3 rings (SSSR count). The SMILES string of the molecule is CCCC1(CCC)Oc2cc3c(cc2O1)C(C(=O)O)C(C(=O)O)C(C)C3. The van der Waals surface area contributed by atoms with Crippen molar-refractivity contribution >= 4 is 11.9 Å². The van der Waals surface area contributed by atoms with E-state index in [1.54, 1.807) is 13.0 Å². The highest BCUT2D eigenvalue weighted by atomic mass is 16.7. The zero-order valence-electron chi connectivity index (χ0n) is 15.4. The Kier molecular flexibility index (Phi) is 4.86. The van der Waals surface area contributed by atoms with Crippen LogP contribution in [0.25, 0.3) is 0 Å². The van der Waals surface area contributed by atoms with Gasteiger partial charge in [0.2, 0.25) is 0 Å². The third-order valence-corrected chi connectivity index (χ3v) is 5.46. The van der Waals surface area contributed by atoms with Gasteiger partial charge in [0.25, 0.3) is 5.79 Å². The van der Waals surface area contributed by atoms with Gasteiger partial charge in [0.1, 0.15) is 0 Å². The zero-order valence-corrected chi connectivity index (χ0v) is 15.4. The quantitative estimate of drug-likeness (QED) is 0.799. The van der Waals surface area contributed by atoms with Crippen LogP contribution in [-0.4, -0.2) is 27.9 Å². The Morgan fingerprint density at radius 1 is 1.08 bits per heavy atom. The number of carboxylic acids is 2. The third-order valence-electron chi connectivity index (χ3n) is 5.46. The molecule has 2 N–H and O–H groups in total. The Labute approximate surface area is 153 Å². The summed E-state index contributed by atoms with van der Waals surface area (Å²) in [5, 5.41) is 19.3. The maximum atomic E-state index is 11.9. The first-order valence-electron chi connectivity index (χ1n) is 9.32. The second-order valence-electron chi connectivity index (χ2n) is 7.47. The van der Waals surface area contributed by atoms with Gasteiger partial charge in [0.05, 0.1) is 11.8 Å². The van der Waals surface area contributed by atoms with E-state index in [1.807, 2.05) is 6.07 Å². The molecule has 26 heavy (non-hydrogen) atoms. The number of rotatable bonds is 6. The number of fused-ring (bicyclic) bond motifs is 2. The number of aliphatic carboxylic acids is 2. The van der Waals surface area contributed by atoms with Gasteiger partial charge in [-0.25, -0.2) is 0 Å². The van der Waals surface area contributed by atoms with E-state index in [9.17, 15) is 19.8 Å². The van der Waals surface area contributed by atoms with Crippen molar-refractivity contribution in [3.8, 4) is 11.5 Å². The normalized spacial score (nSPS) is 25.6. The summed E-state index contributed by atoms with van der Waals surface area (Å²) in [6.07, 6.45) is 3.82. The van der Waals surface area contributed by atoms with Crippen LogP contribution in [0.1, 0.15) is 63.5 Å². The number of hydrogen-bond acceptors (Lipinski definition) is 4. The maximum absolute atomic E-state index is 11.9. The molecule has 0 fully saturated rings. The fourth-order valence-corrected chi connectivity index (χ4v) is 4.42. The lowest BCUT2D eigenvalue weighted by atomic mass is 9.69. The van der Waals surface area contributed by atoms with E-state index in [2.05, 4.69) is 13.8 Å². The molecule has 1 aromatic rings. The van der Waals surface area contributed by atoms with Gasteiger partial charge in [-0.15, -0.1) is 0 Å². The van der Waals surface area contributed by atoms with Crippen molar-refractivity contribution in [2.45, 2.75) is 64.6 Å². The van der Waals surface area contributed by atoms with E-state index >= 15 is 0 Å². The van der Waals surface area contributed by atoms with Crippen LogP contribution in [0.2, 0.25) is 0 Å². The summed E-state index contributed by atoms with van der Waals surface area (Å²) in [5.74, 6) is -4.02. The zero-order chi connectivity index (χ0) is 19.1. The Morgan fingerprint density at radius 2 is 1.65 bits per heavy atom. The van der Waals surface area contributed by atoms with E-state index in [1.165, 1.54) is 0 Å². The van der Waals surface area contributed by atoms with Gasteiger partial charge >= 0.3 is 11.9 Å². The highest BCUT2D eigenvalue weighted by Crippen LogP contribution is 2.49. The monoisotopic (exact) mass is 362 g/mol. The smallest absolute Gasteiger partial charge is 0.311 e. The van der Waals surface area contributed by atoms with Gasteiger partial charge in [-0.3, -0.25) is 9.59 Å². The first-order valence-corrected chi connectivity index (χ1v) is 9.32. The number of ether oxygens (including phenoxy) is 2. The Hall–Kier alpha value is -2.24. The number of benzene rings is 1. The molecule has 1 aliphatic carbocycles. The molecule has 0 amide bonds. The summed E-state index contributed by atoms with van der Waals surface area (Å²) in [7, 11) is 0. The topological polar surface area (TPSA) is 93.1 Å². The lowest BCUT2D eigenvalue weighted by Crippen LogP contribution is -2.38. The Bertz CT molecular complexity index is 719. The predicted molar refractivity (Wildman–Crippen MR) is 94.6 cm³/mol. The van der Waals surface area contributed by atoms with Crippen LogP contribution in [0.5, 0.6) is 11.5 Å². The Balaban J connectivity index is 2.04. The molecule has 142 valence electrons. The van der Waals surface area contributed by atoms with E-state index in [-0.39, 0.29) is 5.92 Å². The highest BCUT2D eigenvalue weighted by Gasteiger charge is 2.46. The van der Waals surface area contributed by atoms with Crippen LogP contribution >= 0.6 is 0 Å². The van der Waals surface area contributed by atoms with Crippen molar-refractivity contribution in [2.24, 2.45) is 11.8 Å². The lowest BCUT2D eigenvalue weighted by Gasteiger charge is -2.33. The molecule has 6 heteroatoms. The van der Waals surface area contributed by atoms with Crippen LogP contribution in [0, 0.1) is 11.8 Å². The van der Waals surface area contributed by atoms with Crippen molar-refractivity contribution in [3.05, 3.63) is 23.3 Å². The van der Waals surface area contributed by atoms with Crippen molar-refractivity contribution < 1.29 is 29.3 Å². The van der Waals surface area contributed by atoms with Crippen LogP contribution in [-0.2, 0) is 16.0 Å². The molecule has 1 heterocycles. The second-order valence-corrected chi connectivity index (χ2v) is 7.47. The van der Waals surface area contributed by atoms with Crippen LogP contribution in [0.4, 0.5) is 0 Å². The Morgan fingerprint density at radius 3 is 2.15 bits per heavy atom. The van der Waals surface area contributed by atoms with Gasteiger partial charge in [-0.05, 0) is 48.4 Å². The summed E-state index contributed by atoms with van der Waals surface area (Å²) < 4.78 is 12.3. The minimum atomic E-state index is -1.11. The van der Waals surface area contributed by atoms with Crippen molar-refractivity contribution in [1.29, 1.82) is 0 Å². The molecule has 0 saturated carbocycles. The predicted octanol–water partition coefficient (Wildman–Crippen LogP) is 3.82. The first-order chi connectivity index (χ1) is 12.3. The molecule has 0 radical (unpaired) electrons. The third kappa shape index (κ3) is 3.02. The van der Waals surface area contributed by atoms with Gasteiger partial charge in [-0.2, -0.15) is 0 Å². The van der Waals surface area contributed by atoms with Crippen LogP contribution in [0.15, 0.2) is 12.1 Å². The molecule has 3 atom stereocenters. The molecular formula is C20H26O6. The fourth-order valence-electron chi connectivity index (χ4n) is 4.42. The largest absolute Gasteiger partial charge is 0.481 e. The minimum Gasteiger partial charge on any atom is -0.481 e. The molecule has 2 aliphatic rings. The van der Waals surface area contributed by atoms with Gasteiger partial charge in [-0.1, -0.05) is 20.8 Å². The van der Waals surface area contributed by atoms with E-state index in [0.717, 1.165) is 31.2 Å². The first kappa shape index (κ1) is 18.5. The summed E-state index contributed by atoms with van der Waals surface area (Å²) in [6.45, 7) is 5.93. The molecule has 0 aromatic heterocycles. The second kappa shape index (κ2) is 6.82. The summed E-state index contributed by atoms with van der Waals surface area (Å²) >= 11 is 0. The summed E-state index contributed by atoms with van der Waals surface area (Å²) in [6, 6.07) is 3.54. The van der Waals surface area contributed by atoms with Gasteiger partial charge in [0.15, 0.2) is 11.5 Å². The fraction of sp³-hybridized carbons (Fsp3) is 0.600. The number of carbonyl (C=O) groups is 2. The van der Waals surface area contributed by atoms with Crippen molar-refractivity contribution in [3.63, 3.8) is 0 Å². The molecule has 0 bridgehead atoms. The van der Waals surface area contributed by atoms with E-state index in [0.29, 0.717) is 23.5 Å². The van der Waals surface area contributed by atoms with Crippen LogP contribution < -0.4 is 9.47 Å². The van der Waals surface area contributed by atoms with E-state index in [4.69, 9.17) is 9.47 Å². The highest BCUT2D eigenvalue weighted by molar-refractivity contribution is 5.86. The van der Waals surface area contributed by atoms with Crippen molar-refractivity contribution in [1.82, 2.24) is 0 Å². The summed E-state index contributed by atoms with van der Waals surface area (Å²) in [4.78, 5) is 23.6. The number of carboxylic acid groups (broad SMARTS) is 2. The molecule has 0 spiro atoms. The molecule has 1 aliphatic heterocycles. The van der Waals surface area contributed by atoms with Gasteiger partial charge < -0.3 is 19.7 Å². The van der Waals surface area contributed by atoms with Gasteiger partial charge in [0, 0.05) is 12.8 Å². The van der Waals surface area contributed by atoms with Crippen molar-refractivity contribution in [2.75, 3.05) is 0 Å². The molecular weight excluding hydrogens is 336 g/mol. The maximum Gasteiger partial charge on any atom is 0.311 e. The van der Waals surface area contributed by atoms with E-state index < -0.39 is 29.6 Å². The summed E-state index contributed by atoms with van der Waals surface area (Å²) in [5.41, 5.74) is 1.38. The average molecular weight is 362 g/mol.